The molecule has 1 aliphatic carbocycles. The van der Waals surface area contributed by atoms with Crippen molar-refractivity contribution in [2.24, 2.45) is 5.92 Å². The third kappa shape index (κ3) is 2.00. The molecular weight excluding hydrogens is 112 g/mol. The van der Waals surface area contributed by atoms with Crippen molar-refractivity contribution in [1.29, 1.82) is 0 Å². The van der Waals surface area contributed by atoms with Crippen LogP contribution in [-0.2, 0) is 4.79 Å². The van der Waals surface area contributed by atoms with Crippen molar-refractivity contribution in [2.45, 2.75) is 26.2 Å². The summed E-state index contributed by atoms with van der Waals surface area (Å²) >= 11 is 0. The van der Waals surface area contributed by atoms with Gasteiger partial charge in [0.1, 0.15) is 5.78 Å². The van der Waals surface area contributed by atoms with Gasteiger partial charge in [-0.15, -0.1) is 0 Å². The van der Waals surface area contributed by atoms with Gasteiger partial charge in [0.05, 0.1) is 0 Å². The molecule has 50 valence electrons. The lowest BCUT2D eigenvalue weighted by Crippen LogP contribution is -1.89. The minimum atomic E-state index is 0.301. The van der Waals surface area contributed by atoms with Crippen molar-refractivity contribution in [3.63, 3.8) is 0 Å². The van der Waals surface area contributed by atoms with Crippen molar-refractivity contribution in [2.75, 3.05) is 0 Å². The number of hydrogen-bond acceptors (Lipinski definition) is 1. The molecule has 1 nitrogen and oxygen atoms in total. The molecule has 0 N–H and O–H groups in total. The van der Waals surface area contributed by atoms with Gasteiger partial charge in [-0.2, -0.15) is 0 Å². The minimum Gasteiger partial charge on any atom is -0.300 e. The molecule has 1 saturated carbocycles. The zero-order chi connectivity index (χ0) is 6.85. The Labute approximate surface area is 55.8 Å². The highest BCUT2D eigenvalue weighted by Gasteiger charge is 2.26. The van der Waals surface area contributed by atoms with Gasteiger partial charge in [0.25, 0.3) is 0 Å². The Morgan fingerprint density at radius 2 is 2.44 bits per heavy atom. The van der Waals surface area contributed by atoms with E-state index in [1.807, 2.05) is 0 Å². The molecule has 1 heteroatoms. The molecule has 1 rings (SSSR count). The van der Waals surface area contributed by atoms with Crippen LogP contribution in [0.1, 0.15) is 26.2 Å². The Kier molecular flexibility index (Phi) is 1.70. The molecule has 0 aromatic heterocycles. The fourth-order valence-corrected chi connectivity index (χ4v) is 0.941. The zero-order valence-corrected chi connectivity index (χ0v) is 5.81. The average Bonchev–Trinajstić information content (AvgIpc) is 2.42. The maximum Gasteiger partial charge on any atom is 0.129 e. The van der Waals surface area contributed by atoms with E-state index in [1.165, 1.54) is 5.57 Å². The molecule has 0 aromatic carbocycles. The maximum atomic E-state index is 10.5. The van der Waals surface area contributed by atoms with Crippen LogP contribution in [-0.4, -0.2) is 5.78 Å². The van der Waals surface area contributed by atoms with Crippen LogP contribution in [0.4, 0.5) is 0 Å². The molecule has 0 saturated heterocycles. The van der Waals surface area contributed by atoms with Gasteiger partial charge in [0, 0.05) is 6.42 Å². The quantitative estimate of drug-likeness (QED) is 0.525. The second-order valence-electron chi connectivity index (χ2n) is 2.80. The second-order valence-corrected chi connectivity index (χ2v) is 2.80. The molecule has 0 spiro atoms. The Morgan fingerprint density at radius 1 is 1.89 bits per heavy atom. The van der Waals surface area contributed by atoms with Crippen LogP contribution in [0, 0.1) is 5.92 Å². The van der Waals surface area contributed by atoms with E-state index < -0.39 is 0 Å². The predicted molar refractivity (Wildman–Crippen MR) is 37.2 cm³/mol. The van der Waals surface area contributed by atoms with Crippen LogP contribution < -0.4 is 0 Å². The van der Waals surface area contributed by atoms with Gasteiger partial charge in [-0.1, -0.05) is 12.2 Å². The fourth-order valence-electron chi connectivity index (χ4n) is 0.941. The molecule has 0 heterocycles. The minimum absolute atomic E-state index is 0.301. The number of carbonyl (C=O) groups is 1. The first-order chi connectivity index (χ1) is 4.20. The Hall–Kier alpha value is -0.590. The summed E-state index contributed by atoms with van der Waals surface area (Å²) in [6.07, 6.45) is 2.94. The summed E-state index contributed by atoms with van der Waals surface area (Å²) < 4.78 is 0. The van der Waals surface area contributed by atoms with Crippen molar-refractivity contribution in [1.82, 2.24) is 0 Å². The Balaban J connectivity index is 2.07. The van der Waals surface area contributed by atoms with Crippen LogP contribution >= 0.6 is 0 Å². The SMILES string of the molecule is C=C1CC1CCC(C)=O. The van der Waals surface area contributed by atoms with E-state index in [2.05, 4.69) is 6.58 Å². The number of allylic oxidation sites excluding steroid dienone is 1. The number of carbonyl (C=O) groups excluding carboxylic acids is 1. The standard InChI is InChI=1S/C8H12O/c1-6-5-8(6)4-3-7(2)9/h8H,1,3-5H2,2H3. The second kappa shape index (κ2) is 2.34. The lowest BCUT2D eigenvalue weighted by Gasteiger charge is -1.89. The third-order valence-corrected chi connectivity index (χ3v) is 1.77. The first-order valence-electron chi connectivity index (χ1n) is 3.37. The lowest BCUT2D eigenvalue weighted by atomic mass is 10.2. The molecule has 1 fully saturated rings. The predicted octanol–water partition coefficient (Wildman–Crippen LogP) is 1.93. The summed E-state index contributed by atoms with van der Waals surface area (Å²) in [6.45, 7) is 5.46. The van der Waals surface area contributed by atoms with E-state index in [4.69, 9.17) is 0 Å². The summed E-state index contributed by atoms with van der Waals surface area (Å²) in [6, 6.07) is 0. The third-order valence-electron chi connectivity index (χ3n) is 1.77. The summed E-state index contributed by atoms with van der Waals surface area (Å²) in [5.41, 5.74) is 1.33. The van der Waals surface area contributed by atoms with Crippen molar-refractivity contribution in [3.05, 3.63) is 12.2 Å². The van der Waals surface area contributed by atoms with E-state index in [1.54, 1.807) is 6.92 Å². The fraction of sp³-hybridized carbons (Fsp3) is 0.625. The van der Waals surface area contributed by atoms with E-state index in [9.17, 15) is 4.79 Å². The lowest BCUT2D eigenvalue weighted by molar-refractivity contribution is -0.117. The van der Waals surface area contributed by atoms with E-state index in [-0.39, 0.29) is 0 Å². The Morgan fingerprint density at radius 3 is 2.78 bits per heavy atom. The summed E-state index contributed by atoms with van der Waals surface area (Å²) in [5.74, 6) is 0.989. The van der Waals surface area contributed by atoms with Gasteiger partial charge in [-0.05, 0) is 25.7 Å². The van der Waals surface area contributed by atoms with Crippen molar-refractivity contribution < 1.29 is 4.79 Å². The van der Waals surface area contributed by atoms with Gasteiger partial charge in [-0.25, -0.2) is 0 Å². The number of hydrogen-bond donors (Lipinski definition) is 0. The zero-order valence-electron chi connectivity index (χ0n) is 5.81. The van der Waals surface area contributed by atoms with Crippen LogP contribution in [0.3, 0.4) is 0 Å². The van der Waals surface area contributed by atoms with Gasteiger partial charge in [0.2, 0.25) is 0 Å². The normalized spacial score (nSPS) is 24.1. The largest absolute Gasteiger partial charge is 0.300 e. The molecule has 1 atom stereocenters. The molecule has 1 unspecified atom stereocenters. The number of rotatable bonds is 3. The first-order valence-corrected chi connectivity index (χ1v) is 3.37. The molecule has 0 bridgehead atoms. The highest BCUT2D eigenvalue weighted by molar-refractivity contribution is 5.75. The topological polar surface area (TPSA) is 17.1 Å². The molecular formula is C8H12O. The number of Topliss-reactive ketones (excluding diaryl/α,β-unsaturated/α-hetero) is 1. The smallest absolute Gasteiger partial charge is 0.129 e. The van der Waals surface area contributed by atoms with E-state index >= 15 is 0 Å². The van der Waals surface area contributed by atoms with E-state index in [0.29, 0.717) is 11.7 Å². The molecule has 0 radical (unpaired) electrons. The van der Waals surface area contributed by atoms with Gasteiger partial charge < -0.3 is 4.79 Å². The first kappa shape index (κ1) is 6.53. The van der Waals surface area contributed by atoms with Gasteiger partial charge in [-0.3, -0.25) is 0 Å². The Bertz CT molecular complexity index is 147. The number of ketones is 1. The van der Waals surface area contributed by atoms with E-state index in [0.717, 1.165) is 19.3 Å². The molecule has 0 aliphatic heterocycles. The highest BCUT2D eigenvalue weighted by atomic mass is 16.1. The van der Waals surface area contributed by atoms with Crippen molar-refractivity contribution >= 4 is 5.78 Å². The highest BCUT2D eigenvalue weighted by Crippen LogP contribution is 2.39. The average molecular weight is 124 g/mol. The monoisotopic (exact) mass is 124 g/mol. The van der Waals surface area contributed by atoms with Crippen LogP contribution in [0.2, 0.25) is 0 Å². The van der Waals surface area contributed by atoms with Gasteiger partial charge >= 0.3 is 0 Å². The van der Waals surface area contributed by atoms with Gasteiger partial charge in [0.15, 0.2) is 0 Å². The van der Waals surface area contributed by atoms with Crippen LogP contribution in [0.25, 0.3) is 0 Å². The molecule has 0 amide bonds. The molecule has 1 aliphatic rings. The summed E-state index contributed by atoms with van der Waals surface area (Å²) in [7, 11) is 0. The summed E-state index contributed by atoms with van der Waals surface area (Å²) in [5, 5.41) is 0. The van der Waals surface area contributed by atoms with Crippen molar-refractivity contribution in [3.8, 4) is 0 Å². The summed E-state index contributed by atoms with van der Waals surface area (Å²) in [4.78, 5) is 10.5. The van der Waals surface area contributed by atoms with Crippen LogP contribution in [0.15, 0.2) is 12.2 Å². The van der Waals surface area contributed by atoms with Crippen LogP contribution in [0.5, 0.6) is 0 Å². The maximum absolute atomic E-state index is 10.5. The molecule has 0 aromatic rings. The molecule has 9 heavy (non-hydrogen) atoms.